The number of nitrogens with two attached hydrogens (primary N) is 1. The first-order valence-corrected chi connectivity index (χ1v) is 8.36. The molecule has 2 fully saturated rings. The molecule has 2 aliphatic rings. The summed E-state index contributed by atoms with van der Waals surface area (Å²) in [6.07, 6.45) is 1.50. The van der Waals surface area contributed by atoms with Gasteiger partial charge in [0.25, 0.3) is 5.91 Å². The molecule has 0 bridgehead atoms. The predicted molar refractivity (Wildman–Crippen MR) is 90.3 cm³/mol. The Morgan fingerprint density at radius 3 is 2.46 bits per heavy atom. The van der Waals surface area contributed by atoms with Gasteiger partial charge in [0.2, 0.25) is 11.8 Å². The third-order valence-electron chi connectivity index (χ3n) is 5.10. The van der Waals surface area contributed by atoms with E-state index in [1.54, 1.807) is 0 Å². The smallest absolute Gasteiger partial charge is 0.251 e. The number of imide groups is 1. The van der Waals surface area contributed by atoms with Crippen LogP contribution >= 0.6 is 0 Å². The summed E-state index contributed by atoms with van der Waals surface area (Å²) in [4.78, 5) is 40.0. The molecule has 0 radical (unpaired) electrons. The summed E-state index contributed by atoms with van der Waals surface area (Å²) in [6.45, 7) is 5.09. The maximum Gasteiger partial charge on any atom is 0.251 e. The van der Waals surface area contributed by atoms with Crippen molar-refractivity contribution in [3.8, 4) is 0 Å². The minimum Gasteiger partial charge on any atom is -0.369 e. The van der Waals surface area contributed by atoms with E-state index in [2.05, 4.69) is 0 Å². The number of rotatable bonds is 3. The zero-order chi connectivity index (χ0) is 17.4. The fraction of sp³-hybridized carbons (Fsp3) is 0.500. The second-order valence-corrected chi connectivity index (χ2v) is 6.79. The number of nitrogens with zero attached hydrogens (tertiary/aromatic N) is 2. The van der Waals surface area contributed by atoms with Gasteiger partial charge in [0, 0.05) is 5.92 Å². The highest BCUT2D eigenvalue weighted by Gasteiger charge is 2.44. The lowest BCUT2D eigenvalue weighted by molar-refractivity contribution is -0.124. The van der Waals surface area contributed by atoms with E-state index >= 15 is 0 Å². The monoisotopic (exact) mass is 329 g/mol. The van der Waals surface area contributed by atoms with Crippen LogP contribution in [0.15, 0.2) is 18.2 Å². The van der Waals surface area contributed by atoms with E-state index in [9.17, 15) is 14.4 Å². The predicted octanol–water partition coefficient (Wildman–Crippen LogP) is 1.13. The number of likely N-dealkylation sites (tertiary alicyclic amines) is 1. The first-order chi connectivity index (χ1) is 11.4. The molecule has 0 spiro atoms. The molecule has 6 heteroatoms. The number of carbonyl (C=O) groups is 3. The molecule has 24 heavy (non-hydrogen) atoms. The fourth-order valence-corrected chi connectivity index (χ4v) is 3.61. The minimum atomic E-state index is -0.425. The van der Waals surface area contributed by atoms with Crippen LogP contribution in [0.5, 0.6) is 0 Å². The molecule has 0 aromatic heterocycles. The number of anilines is 1. The Morgan fingerprint density at radius 1 is 1.17 bits per heavy atom. The number of primary amides is 1. The zero-order valence-corrected chi connectivity index (χ0v) is 14.1. The Bertz CT molecular complexity index is 693. The van der Waals surface area contributed by atoms with Crippen LogP contribution in [0, 0.1) is 19.8 Å². The average Bonchev–Trinajstić information content (AvgIpc) is 2.84. The molecular formula is C18H23N3O3. The highest BCUT2D eigenvalue weighted by molar-refractivity contribution is 6.22. The van der Waals surface area contributed by atoms with Crippen molar-refractivity contribution in [3.63, 3.8) is 0 Å². The van der Waals surface area contributed by atoms with E-state index in [4.69, 9.17) is 5.73 Å². The van der Waals surface area contributed by atoms with Gasteiger partial charge in [-0.05, 0) is 57.0 Å². The van der Waals surface area contributed by atoms with Gasteiger partial charge in [-0.15, -0.1) is 0 Å². The van der Waals surface area contributed by atoms with Gasteiger partial charge in [0.05, 0.1) is 18.2 Å². The van der Waals surface area contributed by atoms with Crippen LogP contribution in [0.25, 0.3) is 0 Å². The molecule has 0 aliphatic carbocycles. The van der Waals surface area contributed by atoms with Crippen molar-refractivity contribution in [1.29, 1.82) is 0 Å². The van der Waals surface area contributed by atoms with Gasteiger partial charge in [0.15, 0.2) is 0 Å². The molecule has 2 aliphatic heterocycles. The molecule has 1 aromatic carbocycles. The summed E-state index contributed by atoms with van der Waals surface area (Å²) in [6, 6.07) is 5.35. The maximum atomic E-state index is 12.9. The lowest BCUT2D eigenvalue weighted by Gasteiger charge is -2.33. The Morgan fingerprint density at radius 2 is 1.83 bits per heavy atom. The van der Waals surface area contributed by atoms with Gasteiger partial charge >= 0.3 is 0 Å². The fourth-order valence-electron chi connectivity index (χ4n) is 3.61. The Labute approximate surface area is 141 Å². The van der Waals surface area contributed by atoms with E-state index in [1.807, 2.05) is 36.9 Å². The number of carbonyl (C=O) groups excluding carboxylic acids is 3. The van der Waals surface area contributed by atoms with Gasteiger partial charge in [-0.3, -0.25) is 19.3 Å². The molecule has 0 saturated carbocycles. The van der Waals surface area contributed by atoms with Crippen LogP contribution in [-0.4, -0.2) is 41.8 Å². The van der Waals surface area contributed by atoms with Gasteiger partial charge in [-0.25, -0.2) is 4.90 Å². The Kier molecular flexibility index (Phi) is 4.41. The lowest BCUT2D eigenvalue weighted by Crippen LogP contribution is -2.47. The van der Waals surface area contributed by atoms with E-state index < -0.39 is 6.04 Å². The second kappa shape index (κ2) is 6.36. The van der Waals surface area contributed by atoms with E-state index in [0.29, 0.717) is 31.6 Å². The largest absolute Gasteiger partial charge is 0.369 e. The van der Waals surface area contributed by atoms with Crippen molar-refractivity contribution in [3.05, 3.63) is 29.3 Å². The summed E-state index contributed by atoms with van der Waals surface area (Å²) in [5.41, 5.74) is 7.97. The summed E-state index contributed by atoms with van der Waals surface area (Å²) in [5.74, 6) is -0.717. The SMILES string of the molecule is Cc1ccc(C)c(N2C(=O)C[C@@H](N3CCC(C(N)=O)CC3)C2=O)c1. The van der Waals surface area contributed by atoms with Crippen LogP contribution in [0.4, 0.5) is 5.69 Å². The van der Waals surface area contributed by atoms with Crippen LogP contribution in [0.3, 0.4) is 0 Å². The molecule has 2 saturated heterocycles. The number of piperidine rings is 1. The maximum absolute atomic E-state index is 12.9. The number of benzene rings is 1. The number of hydrogen-bond acceptors (Lipinski definition) is 4. The van der Waals surface area contributed by atoms with E-state index in [-0.39, 0.29) is 30.1 Å². The van der Waals surface area contributed by atoms with Gasteiger partial charge in [-0.1, -0.05) is 12.1 Å². The lowest BCUT2D eigenvalue weighted by atomic mass is 9.95. The summed E-state index contributed by atoms with van der Waals surface area (Å²) >= 11 is 0. The van der Waals surface area contributed by atoms with E-state index in [1.165, 1.54) is 4.90 Å². The van der Waals surface area contributed by atoms with Gasteiger partial charge in [0.1, 0.15) is 0 Å². The number of aryl methyl sites for hydroxylation is 2. The topological polar surface area (TPSA) is 83.7 Å². The first kappa shape index (κ1) is 16.6. The summed E-state index contributed by atoms with van der Waals surface area (Å²) in [7, 11) is 0. The van der Waals surface area contributed by atoms with Gasteiger partial charge in [-0.2, -0.15) is 0 Å². The molecule has 1 atom stereocenters. The van der Waals surface area contributed by atoms with Crippen molar-refractivity contribution in [2.24, 2.45) is 11.7 Å². The molecular weight excluding hydrogens is 306 g/mol. The van der Waals surface area contributed by atoms with Crippen LogP contribution < -0.4 is 10.6 Å². The number of hydrogen-bond donors (Lipinski definition) is 1. The summed E-state index contributed by atoms with van der Waals surface area (Å²) in [5, 5.41) is 0. The number of amides is 3. The molecule has 0 unspecified atom stereocenters. The van der Waals surface area contributed by atoms with Gasteiger partial charge < -0.3 is 5.73 Å². The van der Waals surface area contributed by atoms with Crippen LogP contribution in [0.1, 0.15) is 30.4 Å². The normalized spacial score (nSPS) is 23.1. The van der Waals surface area contributed by atoms with Crippen molar-refractivity contribution < 1.29 is 14.4 Å². The van der Waals surface area contributed by atoms with Crippen LogP contribution in [-0.2, 0) is 14.4 Å². The zero-order valence-electron chi connectivity index (χ0n) is 14.1. The molecule has 2 heterocycles. The van der Waals surface area contributed by atoms with Crippen LogP contribution in [0.2, 0.25) is 0 Å². The Balaban J connectivity index is 1.78. The molecule has 1 aromatic rings. The molecule has 128 valence electrons. The first-order valence-electron chi connectivity index (χ1n) is 8.36. The molecule has 3 rings (SSSR count). The molecule has 2 N–H and O–H groups in total. The molecule has 6 nitrogen and oxygen atoms in total. The minimum absolute atomic E-state index is 0.122. The average molecular weight is 329 g/mol. The molecule has 3 amide bonds. The standard InChI is InChI=1S/C18H23N3O3/c1-11-3-4-12(2)14(9-11)21-16(22)10-15(18(21)24)20-7-5-13(6-8-20)17(19)23/h3-4,9,13,15H,5-8,10H2,1-2H3,(H2,19,23)/t15-/m1/s1. The van der Waals surface area contributed by atoms with Crippen molar-refractivity contribution in [1.82, 2.24) is 4.90 Å². The summed E-state index contributed by atoms with van der Waals surface area (Å²) < 4.78 is 0. The van der Waals surface area contributed by atoms with Crippen molar-refractivity contribution >= 4 is 23.4 Å². The quantitative estimate of drug-likeness (QED) is 0.843. The van der Waals surface area contributed by atoms with Crippen molar-refractivity contribution in [2.45, 2.75) is 39.2 Å². The van der Waals surface area contributed by atoms with Crippen molar-refractivity contribution in [2.75, 3.05) is 18.0 Å². The second-order valence-electron chi connectivity index (χ2n) is 6.79. The third-order valence-corrected chi connectivity index (χ3v) is 5.10. The highest BCUT2D eigenvalue weighted by Crippen LogP contribution is 2.30. The third kappa shape index (κ3) is 2.94. The Hall–Kier alpha value is -2.21. The van der Waals surface area contributed by atoms with E-state index in [0.717, 1.165) is 11.1 Å². The highest BCUT2D eigenvalue weighted by atomic mass is 16.2.